The molecule has 0 atom stereocenters. The van der Waals surface area contributed by atoms with Crippen LogP contribution in [-0.4, -0.2) is 17.3 Å². The summed E-state index contributed by atoms with van der Waals surface area (Å²) in [4.78, 5) is 37.0. The van der Waals surface area contributed by atoms with E-state index in [1.807, 2.05) is 0 Å². The van der Waals surface area contributed by atoms with E-state index in [-0.39, 0.29) is 23.8 Å². The van der Waals surface area contributed by atoms with Gasteiger partial charge >= 0.3 is 0 Å². The number of carbonyl (C=O) groups is 3. The molecule has 1 rings (SSSR count). The molecular weight excluding hydrogens is 252 g/mol. The fourth-order valence-corrected chi connectivity index (χ4v) is 2.71. The van der Waals surface area contributed by atoms with Crippen molar-refractivity contribution in [2.75, 3.05) is 0 Å². The Bertz CT molecular complexity index is 371. The molecule has 0 bridgehead atoms. The minimum absolute atomic E-state index is 0.189. The Kier molecular flexibility index (Phi) is 6.83. The number of hydrogen-bond donors (Lipinski definition) is 0. The lowest BCUT2D eigenvalue weighted by Gasteiger charge is -2.23. The molecule has 3 nitrogen and oxygen atoms in total. The van der Waals surface area contributed by atoms with Crippen LogP contribution in [-0.2, 0) is 14.4 Å². The number of Topliss-reactive ketones (excluding diaryl/α,β-unsaturated/α-hetero) is 3. The predicted molar refractivity (Wildman–Crippen MR) is 79.5 cm³/mol. The van der Waals surface area contributed by atoms with Gasteiger partial charge in [0, 0.05) is 19.3 Å². The molecule has 1 aliphatic carbocycles. The second kappa shape index (κ2) is 8.13. The topological polar surface area (TPSA) is 51.2 Å². The van der Waals surface area contributed by atoms with Crippen molar-refractivity contribution < 1.29 is 14.4 Å². The molecule has 0 saturated carbocycles. The summed E-state index contributed by atoms with van der Waals surface area (Å²) in [6.07, 6.45) is 9.64. The van der Waals surface area contributed by atoms with Crippen molar-refractivity contribution in [1.29, 1.82) is 0 Å². The zero-order valence-electron chi connectivity index (χ0n) is 12.7. The molecule has 0 spiro atoms. The molecule has 112 valence electrons. The fraction of sp³-hybridized carbons (Fsp3) is 0.706. The van der Waals surface area contributed by atoms with Crippen molar-refractivity contribution >= 4 is 17.3 Å². The molecule has 0 fully saturated rings. The van der Waals surface area contributed by atoms with Crippen molar-refractivity contribution in [1.82, 2.24) is 0 Å². The normalized spacial score (nSPS) is 16.6. The summed E-state index contributed by atoms with van der Waals surface area (Å²) in [5.74, 6) is -0.599. The summed E-state index contributed by atoms with van der Waals surface area (Å²) in [7, 11) is 0. The molecule has 20 heavy (non-hydrogen) atoms. The molecule has 1 aliphatic rings. The van der Waals surface area contributed by atoms with Gasteiger partial charge in [-0.2, -0.15) is 0 Å². The molecule has 0 aromatic carbocycles. The van der Waals surface area contributed by atoms with E-state index in [9.17, 15) is 14.4 Å². The van der Waals surface area contributed by atoms with Crippen LogP contribution < -0.4 is 0 Å². The van der Waals surface area contributed by atoms with Crippen molar-refractivity contribution in [2.24, 2.45) is 5.41 Å². The Hall–Kier alpha value is -1.25. The molecular formula is C17H26O3. The van der Waals surface area contributed by atoms with Crippen molar-refractivity contribution in [3.05, 3.63) is 12.2 Å². The van der Waals surface area contributed by atoms with Crippen LogP contribution in [0.3, 0.4) is 0 Å². The number of rotatable bonds is 10. The molecule has 0 aromatic heterocycles. The third-order valence-corrected chi connectivity index (χ3v) is 4.01. The molecule has 0 unspecified atom stereocenters. The molecule has 0 amide bonds. The Morgan fingerprint density at radius 1 is 1.00 bits per heavy atom. The van der Waals surface area contributed by atoms with Gasteiger partial charge in [0.05, 0.1) is 0 Å². The average Bonchev–Trinajstić information content (AvgIpc) is 2.82. The maximum Gasteiger partial charge on any atom is 0.164 e. The quantitative estimate of drug-likeness (QED) is 0.347. The number of ketones is 3. The molecule has 0 heterocycles. The third-order valence-electron chi connectivity index (χ3n) is 4.01. The van der Waals surface area contributed by atoms with Crippen LogP contribution >= 0.6 is 0 Å². The van der Waals surface area contributed by atoms with Crippen LogP contribution in [0.1, 0.15) is 71.6 Å². The second-order valence-corrected chi connectivity index (χ2v) is 5.60. The third kappa shape index (κ3) is 3.65. The van der Waals surface area contributed by atoms with Gasteiger partial charge in [-0.25, -0.2) is 0 Å². The number of allylic oxidation sites excluding steroid dienone is 2. The summed E-state index contributed by atoms with van der Waals surface area (Å²) in [5.41, 5.74) is -1.43. The van der Waals surface area contributed by atoms with Crippen LogP contribution in [0.2, 0.25) is 0 Å². The molecule has 0 saturated heterocycles. The lowest BCUT2D eigenvalue weighted by atomic mass is 9.74. The van der Waals surface area contributed by atoms with Gasteiger partial charge in [-0.3, -0.25) is 14.4 Å². The highest BCUT2D eigenvalue weighted by Crippen LogP contribution is 2.34. The summed E-state index contributed by atoms with van der Waals surface area (Å²) >= 11 is 0. The SMILES string of the molecule is CCCCCC(=O)C1(C(=O)CCCCC)C=CCC1=O. The number of carbonyl (C=O) groups excluding carboxylic acids is 3. The Morgan fingerprint density at radius 3 is 1.85 bits per heavy atom. The number of unbranched alkanes of at least 4 members (excludes halogenated alkanes) is 4. The molecule has 0 radical (unpaired) electrons. The predicted octanol–water partition coefficient (Wildman–Crippen LogP) is 3.80. The van der Waals surface area contributed by atoms with E-state index in [0.29, 0.717) is 12.8 Å². The Balaban J connectivity index is 2.77. The van der Waals surface area contributed by atoms with Crippen LogP contribution in [0.5, 0.6) is 0 Å². The minimum atomic E-state index is -1.43. The van der Waals surface area contributed by atoms with Gasteiger partial charge in [-0.05, 0) is 12.8 Å². The Labute approximate surface area is 121 Å². The monoisotopic (exact) mass is 278 g/mol. The van der Waals surface area contributed by atoms with Crippen molar-refractivity contribution in [3.8, 4) is 0 Å². The van der Waals surface area contributed by atoms with Gasteiger partial charge in [0.25, 0.3) is 0 Å². The van der Waals surface area contributed by atoms with Crippen LogP contribution in [0, 0.1) is 5.41 Å². The van der Waals surface area contributed by atoms with Crippen LogP contribution in [0.25, 0.3) is 0 Å². The van der Waals surface area contributed by atoms with E-state index in [2.05, 4.69) is 13.8 Å². The zero-order valence-corrected chi connectivity index (χ0v) is 12.7. The first-order valence-corrected chi connectivity index (χ1v) is 7.87. The largest absolute Gasteiger partial charge is 0.298 e. The van der Waals surface area contributed by atoms with E-state index >= 15 is 0 Å². The van der Waals surface area contributed by atoms with E-state index in [1.54, 1.807) is 12.2 Å². The Morgan fingerprint density at radius 2 is 1.50 bits per heavy atom. The van der Waals surface area contributed by atoms with Gasteiger partial charge in [0.1, 0.15) is 0 Å². The zero-order chi connectivity index (χ0) is 15.0. The summed E-state index contributed by atoms with van der Waals surface area (Å²) in [5, 5.41) is 0. The maximum absolute atomic E-state index is 12.4. The molecule has 0 aromatic rings. The van der Waals surface area contributed by atoms with Gasteiger partial charge in [-0.1, -0.05) is 51.7 Å². The van der Waals surface area contributed by atoms with E-state index in [4.69, 9.17) is 0 Å². The molecule has 0 aliphatic heterocycles. The van der Waals surface area contributed by atoms with Crippen molar-refractivity contribution in [3.63, 3.8) is 0 Å². The van der Waals surface area contributed by atoms with Crippen molar-refractivity contribution in [2.45, 2.75) is 71.6 Å². The standard InChI is InChI=1S/C17H26O3/c1-3-5-7-10-14(18)17(13-9-12-16(17)20)15(19)11-8-6-4-2/h9,13H,3-8,10-12H2,1-2H3. The lowest BCUT2D eigenvalue weighted by molar-refractivity contribution is -0.144. The average molecular weight is 278 g/mol. The first kappa shape index (κ1) is 16.8. The van der Waals surface area contributed by atoms with Crippen LogP contribution in [0.15, 0.2) is 12.2 Å². The van der Waals surface area contributed by atoms with E-state index in [1.165, 1.54) is 0 Å². The van der Waals surface area contributed by atoms with Gasteiger partial charge in [0.15, 0.2) is 22.8 Å². The first-order valence-electron chi connectivity index (χ1n) is 7.87. The summed E-state index contributed by atoms with van der Waals surface area (Å²) in [6.45, 7) is 4.13. The van der Waals surface area contributed by atoms with Gasteiger partial charge in [-0.15, -0.1) is 0 Å². The van der Waals surface area contributed by atoms with Gasteiger partial charge < -0.3 is 0 Å². The summed E-state index contributed by atoms with van der Waals surface area (Å²) < 4.78 is 0. The minimum Gasteiger partial charge on any atom is -0.298 e. The highest BCUT2D eigenvalue weighted by molar-refractivity contribution is 6.27. The second-order valence-electron chi connectivity index (χ2n) is 5.60. The highest BCUT2D eigenvalue weighted by Gasteiger charge is 2.49. The van der Waals surface area contributed by atoms with Gasteiger partial charge in [0.2, 0.25) is 0 Å². The van der Waals surface area contributed by atoms with E-state index in [0.717, 1.165) is 38.5 Å². The summed E-state index contributed by atoms with van der Waals surface area (Å²) in [6, 6.07) is 0. The molecule has 3 heteroatoms. The number of hydrogen-bond acceptors (Lipinski definition) is 3. The highest BCUT2D eigenvalue weighted by atomic mass is 16.2. The lowest BCUT2D eigenvalue weighted by Crippen LogP contribution is -2.42. The van der Waals surface area contributed by atoms with E-state index < -0.39 is 5.41 Å². The molecule has 0 N–H and O–H groups in total. The smallest absolute Gasteiger partial charge is 0.164 e. The first-order chi connectivity index (χ1) is 9.59. The maximum atomic E-state index is 12.4. The van der Waals surface area contributed by atoms with Crippen LogP contribution in [0.4, 0.5) is 0 Å². The fourth-order valence-electron chi connectivity index (χ4n) is 2.71.